The van der Waals surface area contributed by atoms with Gasteiger partial charge >= 0.3 is 0 Å². The Labute approximate surface area is 128 Å². The summed E-state index contributed by atoms with van der Waals surface area (Å²) in [6.07, 6.45) is 0. The molecule has 0 aliphatic carbocycles. The molecule has 0 bridgehead atoms. The monoisotopic (exact) mass is 315 g/mol. The van der Waals surface area contributed by atoms with Crippen LogP contribution in [0.2, 0.25) is 0 Å². The Morgan fingerprint density at radius 3 is 2.59 bits per heavy atom. The molecule has 0 fully saturated rings. The van der Waals surface area contributed by atoms with Gasteiger partial charge in [-0.1, -0.05) is 6.07 Å². The van der Waals surface area contributed by atoms with Crippen LogP contribution < -0.4 is 10.5 Å². The van der Waals surface area contributed by atoms with Crippen LogP contribution in [-0.2, 0) is 10.0 Å². The van der Waals surface area contributed by atoms with E-state index in [1.165, 1.54) is 18.2 Å². The number of nitrogens with zero attached hydrogens (tertiary/aromatic N) is 1. The largest absolute Gasteiger partial charge is 0.322 e. The highest BCUT2D eigenvalue weighted by molar-refractivity contribution is 7.89. The molecule has 6 nitrogen and oxygen atoms in total. The van der Waals surface area contributed by atoms with E-state index in [2.05, 4.69) is 5.32 Å². The Hall–Kier alpha value is -2.69. The van der Waals surface area contributed by atoms with E-state index in [0.717, 1.165) is 0 Å². The molecule has 2 rings (SSSR count). The molecular formula is C15H13N3O3S. The number of sulfonamides is 1. The van der Waals surface area contributed by atoms with Gasteiger partial charge in [-0.05, 0) is 48.9 Å². The first-order valence-corrected chi connectivity index (χ1v) is 7.80. The minimum atomic E-state index is -3.89. The summed E-state index contributed by atoms with van der Waals surface area (Å²) in [6.45, 7) is 1.67. The zero-order valence-corrected chi connectivity index (χ0v) is 12.5. The van der Waals surface area contributed by atoms with Crippen LogP contribution in [0.15, 0.2) is 47.4 Å². The molecule has 2 aromatic rings. The highest BCUT2D eigenvalue weighted by Gasteiger charge is 2.14. The Bertz CT molecular complexity index is 883. The number of aryl methyl sites for hydroxylation is 1. The van der Waals surface area contributed by atoms with Crippen molar-refractivity contribution in [3.8, 4) is 6.07 Å². The van der Waals surface area contributed by atoms with Crippen molar-refractivity contribution in [3.05, 3.63) is 59.2 Å². The minimum Gasteiger partial charge on any atom is -0.322 e. The van der Waals surface area contributed by atoms with Crippen LogP contribution in [0.1, 0.15) is 21.5 Å². The van der Waals surface area contributed by atoms with Crippen LogP contribution in [0, 0.1) is 18.3 Å². The number of hydrogen-bond donors (Lipinski definition) is 2. The highest BCUT2D eigenvalue weighted by atomic mass is 32.2. The van der Waals surface area contributed by atoms with Gasteiger partial charge in [0.1, 0.15) is 0 Å². The third-order valence-electron chi connectivity index (χ3n) is 2.89. The molecule has 2 aromatic carbocycles. The number of nitriles is 1. The molecule has 0 heterocycles. The number of carbonyl (C=O) groups is 1. The number of nitrogens with one attached hydrogen (secondary N) is 1. The molecule has 0 aromatic heterocycles. The molecule has 0 aliphatic rings. The van der Waals surface area contributed by atoms with E-state index < -0.39 is 15.9 Å². The molecule has 112 valence electrons. The second-order valence-corrected chi connectivity index (χ2v) is 6.29. The molecule has 1 amide bonds. The van der Waals surface area contributed by atoms with Crippen LogP contribution in [0.3, 0.4) is 0 Å². The third kappa shape index (κ3) is 3.69. The topological polar surface area (TPSA) is 113 Å². The quantitative estimate of drug-likeness (QED) is 0.898. The average molecular weight is 315 g/mol. The van der Waals surface area contributed by atoms with Crippen molar-refractivity contribution >= 4 is 21.6 Å². The van der Waals surface area contributed by atoms with Crippen molar-refractivity contribution in [2.45, 2.75) is 11.8 Å². The number of amides is 1. The fourth-order valence-corrected chi connectivity index (χ4v) is 2.55. The predicted octanol–water partition coefficient (Wildman–Crippen LogP) is 1.77. The second kappa shape index (κ2) is 5.97. The summed E-state index contributed by atoms with van der Waals surface area (Å²) in [7, 11) is -3.89. The van der Waals surface area contributed by atoms with Gasteiger partial charge in [0.25, 0.3) is 5.91 Å². The van der Waals surface area contributed by atoms with Gasteiger partial charge in [0.2, 0.25) is 10.0 Å². The van der Waals surface area contributed by atoms with Crippen LogP contribution >= 0.6 is 0 Å². The molecule has 0 atom stereocenters. The van der Waals surface area contributed by atoms with Crippen LogP contribution in [-0.4, -0.2) is 14.3 Å². The van der Waals surface area contributed by atoms with Gasteiger partial charge in [-0.15, -0.1) is 0 Å². The van der Waals surface area contributed by atoms with E-state index in [1.54, 1.807) is 31.2 Å². The molecule has 0 radical (unpaired) electrons. The SMILES string of the molecule is Cc1cc(C(=O)Nc2cccc(C#N)c2)cc(S(N)(=O)=O)c1. The number of hydrogen-bond acceptors (Lipinski definition) is 4. The van der Waals surface area contributed by atoms with Crippen molar-refractivity contribution < 1.29 is 13.2 Å². The zero-order chi connectivity index (χ0) is 16.3. The van der Waals surface area contributed by atoms with Gasteiger partial charge in [0.05, 0.1) is 16.5 Å². The van der Waals surface area contributed by atoms with E-state index in [4.69, 9.17) is 10.4 Å². The lowest BCUT2D eigenvalue weighted by Gasteiger charge is -2.08. The van der Waals surface area contributed by atoms with Crippen LogP contribution in [0.4, 0.5) is 5.69 Å². The number of anilines is 1. The first-order chi connectivity index (χ1) is 10.3. The predicted molar refractivity (Wildman–Crippen MR) is 81.7 cm³/mol. The van der Waals surface area contributed by atoms with Crippen LogP contribution in [0.25, 0.3) is 0 Å². The fourth-order valence-electron chi connectivity index (χ4n) is 1.91. The third-order valence-corrected chi connectivity index (χ3v) is 3.78. The lowest BCUT2D eigenvalue weighted by atomic mass is 10.1. The molecule has 0 unspecified atom stereocenters. The molecule has 0 spiro atoms. The number of benzene rings is 2. The van der Waals surface area contributed by atoms with Gasteiger partial charge in [-0.2, -0.15) is 5.26 Å². The maximum absolute atomic E-state index is 12.2. The number of carbonyl (C=O) groups excluding carboxylic acids is 1. The smallest absolute Gasteiger partial charge is 0.255 e. The van der Waals surface area contributed by atoms with E-state index >= 15 is 0 Å². The zero-order valence-electron chi connectivity index (χ0n) is 11.7. The van der Waals surface area contributed by atoms with E-state index in [-0.39, 0.29) is 10.5 Å². The maximum Gasteiger partial charge on any atom is 0.255 e. The molecular weight excluding hydrogens is 302 g/mol. The number of nitrogens with two attached hydrogens (primary N) is 1. The number of rotatable bonds is 3. The lowest BCUT2D eigenvalue weighted by Crippen LogP contribution is -2.16. The lowest BCUT2D eigenvalue weighted by molar-refractivity contribution is 0.102. The van der Waals surface area contributed by atoms with Crippen molar-refractivity contribution in [1.82, 2.24) is 0 Å². The van der Waals surface area contributed by atoms with E-state index in [1.807, 2.05) is 6.07 Å². The average Bonchev–Trinajstić information content (AvgIpc) is 2.46. The van der Waals surface area contributed by atoms with E-state index in [0.29, 0.717) is 16.8 Å². The maximum atomic E-state index is 12.2. The summed E-state index contributed by atoms with van der Waals surface area (Å²) in [5, 5.41) is 16.5. The van der Waals surface area contributed by atoms with Crippen molar-refractivity contribution in [2.75, 3.05) is 5.32 Å². The molecule has 0 saturated carbocycles. The van der Waals surface area contributed by atoms with Gasteiger partial charge in [-0.25, -0.2) is 13.6 Å². The summed E-state index contributed by atoms with van der Waals surface area (Å²) >= 11 is 0. The summed E-state index contributed by atoms with van der Waals surface area (Å²) in [5.74, 6) is -0.483. The molecule has 7 heteroatoms. The van der Waals surface area contributed by atoms with Crippen molar-refractivity contribution in [1.29, 1.82) is 5.26 Å². The minimum absolute atomic E-state index is 0.122. The summed E-state index contributed by atoms with van der Waals surface area (Å²) < 4.78 is 22.8. The van der Waals surface area contributed by atoms with E-state index in [9.17, 15) is 13.2 Å². The Balaban J connectivity index is 2.34. The molecule has 0 saturated heterocycles. The van der Waals surface area contributed by atoms with Crippen molar-refractivity contribution in [3.63, 3.8) is 0 Å². The standard InChI is InChI=1S/C15H13N3O3S/c1-10-5-12(8-14(6-10)22(17,20)21)15(19)18-13-4-2-3-11(7-13)9-16/h2-8H,1H3,(H,18,19)(H2,17,20,21). The van der Waals surface area contributed by atoms with Gasteiger partial charge in [0, 0.05) is 11.3 Å². The van der Waals surface area contributed by atoms with Gasteiger partial charge in [0.15, 0.2) is 0 Å². The van der Waals surface area contributed by atoms with Crippen LogP contribution in [0.5, 0.6) is 0 Å². The molecule has 0 aliphatic heterocycles. The Kier molecular flexibility index (Phi) is 4.26. The Morgan fingerprint density at radius 2 is 1.95 bits per heavy atom. The summed E-state index contributed by atoms with van der Waals surface area (Å²) in [6, 6.07) is 12.5. The number of primary sulfonamides is 1. The van der Waals surface area contributed by atoms with Crippen molar-refractivity contribution in [2.24, 2.45) is 5.14 Å². The summed E-state index contributed by atoms with van der Waals surface area (Å²) in [4.78, 5) is 12.1. The molecule has 3 N–H and O–H groups in total. The fraction of sp³-hybridized carbons (Fsp3) is 0.0667. The second-order valence-electron chi connectivity index (χ2n) is 4.73. The first-order valence-electron chi connectivity index (χ1n) is 6.25. The normalized spacial score (nSPS) is 10.8. The Morgan fingerprint density at radius 1 is 1.23 bits per heavy atom. The highest BCUT2D eigenvalue weighted by Crippen LogP contribution is 2.16. The van der Waals surface area contributed by atoms with Gasteiger partial charge in [-0.3, -0.25) is 4.79 Å². The summed E-state index contributed by atoms with van der Waals surface area (Å²) in [5.41, 5.74) is 1.63. The first kappa shape index (κ1) is 15.7. The van der Waals surface area contributed by atoms with Gasteiger partial charge < -0.3 is 5.32 Å². The molecule has 22 heavy (non-hydrogen) atoms.